The summed E-state index contributed by atoms with van der Waals surface area (Å²) >= 11 is 0. The van der Waals surface area contributed by atoms with Crippen LogP contribution >= 0.6 is 0 Å². The van der Waals surface area contributed by atoms with Gasteiger partial charge in [0.1, 0.15) is 5.60 Å². The Morgan fingerprint density at radius 1 is 1.50 bits per heavy atom. The maximum Gasteiger partial charge on any atom is 0.108 e. The molecule has 0 amide bonds. The monoisotopic (exact) mass is 173 g/mol. The van der Waals surface area contributed by atoms with Crippen molar-refractivity contribution in [2.45, 2.75) is 31.9 Å². The van der Waals surface area contributed by atoms with E-state index in [1.165, 1.54) is 0 Å². The topological polar surface area (TPSA) is 44.5 Å². The molecule has 2 N–H and O–H groups in total. The van der Waals surface area contributed by atoms with E-state index >= 15 is 0 Å². The Morgan fingerprint density at radius 3 is 2.50 bits per heavy atom. The maximum absolute atomic E-state index is 6.06. The van der Waals surface area contributed by atoms with Crippen molar-refractivity contribution in [3.05, 3.63) is 0 Å². The van der Waals surface area contributed by atoms with E-state index in [1.807, 2.05) is 0 Å². The van der Waals surface area contributed by atoms with Gasteiger partial charge in [-0.15, -0.1) is 0 Å². The fourth-order valence-electron chi connectivity index (χ4n) is 1.73. The van der Waals surface area contributed by atoms with E-state index in [4.69, 9.17) is 15.2 Å². The first-order valence-corrected chi connectivity index (χ1v) is 4.51. The van der Waals surface area contributed by atoms with Gasteiger partial charge in [0.25, 0.3) is 0 Å². The number of methoxy groups -OCH3 is 1. The van der Waals surface area contributed by atoms with Crippen LogP contribution in [0.4, 0.5) is 0 Å². The van der Waals surface area contributed by atoms with Gasteiger partial charge < -0.3 is 15.2 Å². The van der Waals surface area contributed by atoms with Crippen LogP contribution in [0.3, 0.4) is 0 Å². The predicted octanol–water partition coefficient (Wildman–Crippen LogP) is 0.775. The minimum absolute atomic E-state index is 0.0741. The molecule has 1 aliphatic heterocycles. The van der Waals surface area contributed by atoms with Gasteiger partial charge >= 0.3 is 0 Å². The number of hydrogen-bond donors (Lipinski definition) is 1. The van der Waals surface area contributed by atoms with Crippen molar-refractivity contribution in [3.63, 3.8) is 0 Å². The van der Waals surface area contributed by atoms with E-state index in [-0.39, 0.29) is 11.6 Å². The van der Waals surface area contributed by atoms with Gasteiger partial charge in [0, 0.05) is 26.2 Å². The predicted molar refractivity (Wildman–Crippen MR) is 48.0 cm³/mol. The summed E-state index contributed by atoms with van der Waals surface area (Å²) < 4.78 is 10.8. The Kier molecular flexibility index (Phi) is 3.09. The zero-order valence-corrected chi connectivity index (χ0v) is 8.17. The van der Waals surface area contributed by atoms with Crippen LogP contribution in [-0.2, 0) is 9.47 Å². The van der Waals surface area contributed by atoms with E-state index < -0.39 is 0 Å². The summed E-state index contributed by atoms with van der Waals surface area (Å²) in [6, 6.07) is 0.0741. The summed E-state index contributed by atoms with van der Waals surface area (Å²) in [4.78, 5) is 0. The molecular formula is C9H19NO2. The summed E-state index contributed by atoms with van der Waals surface area (Å²) in [6.45, 7) is 5.64. The van der Waals surface area contributed by atoms with Crippen LogP contribution in [0.25, 0.3) is 0 Å². The minimum atomic E-state index is -0.228. The van der Waals surface area contributed by atoms with Gasteiger partial charge in [-0.05, 0) is 5.92 Å². The molecule has 0 spiro atoms. The highest BCUT2D eigenvalue weighted by Crippen LogP contribution is 2.28. The molecule has 1 fully saturated rings. The molecule has 0 bridgehead atoms. The van der Waals surface area contributed by atoms with Crippen LogP contribution in [0.2, 0.25) is 0 Å². The lowest BCUT2D eigenvalue weighted by Gasteiger charge is -2.34. The van der Waals surface area contributed by atoms with E-state index in [0.717, 1.165) is 13.0 Å². The van der Waals surface area contributed by atoms with E-state index in [9.17, 15) is 0 Å². The summed E-state index contributed by atoms with van der Waals surface area (Å²) in [5, 5.41) is 0. The van der Waals surface area contributed by atoms with Crippen LogP contribution in [-0.4, -0.2) is 32.0 Å². The van der Waals surface area contributed by atoms with Crippen LogP contribution in [0.15, 0.2) is 0 Å². The molecule has 0 aromatic carbocycles. The molecule has 72 valence electrons. The Bertz CT molecular complexity index is 141. The van der Waals surface area contributed by atoms with Crippen LogP contribution in [0, 0.1) is 5.92 Å². The lowest BCUT2D eigenvalue weighted by Crippen LogP contribution is -2.52. The molecule has 3 heteroatoms. The van der Waals surface area contributed by atoms with E-state index in [2.05, 4.69) is 13.8 Å². The molecule has 0 aromatic heterocycles. The molecule has 2 atom stereocenters. The average Bonchev–Trinajstić information content (AvgIpc) is 2.52. The van der Waals surface area contributed by atoms with E-state index in [0.29, 0.717) is 12.5 Å². The fraction of sp³-hybridized carbons (Fsp3) is 1.00. The number of rotatable bonds is 3. The summed E-state index contributed by atoms with van der Waals surface area (Å²) in [6.07, 6.45) is 0.919. The van der Waals surface area contributed by atoms with Gasteiger partial charge in [-0.1, -0.05) is 13.8 Å². The van der Waals surface area contributed by atoms with Gasteiger partial charge in [0.2, 0.25) is 0 Å². The normalized spacial score (nSPS) is 32.8. The highest BCUT2D eigenvalue weighted by molar-refractivity contribution is 4.95. The van der Waals surface area contributed by atoms with Gasteiger partial charge in [-0.2, -0.15) is 0 Å². The van der Waals surface area contributed by atoms with Crippen LogP contribution in [0.1, 0.15) is 20.3 Å². The molecule has 12 heavy (non-hydrogen) atoms. The second-order valence-corrected chi connectivity index (χ2v) is 3.84. The summed E-state index contributed by atoms with van der Waals surface area (Å²) in [7, 11) is 1.72. The zero-order chi connectivity index (χ0) is 9.19. The zero-order valence-electron chi connectivity index (χ0n) is 8.17. The SMILES string of the molecule is COC1(C(N)C(C)C)CCOC1. The molecule has 0 aliphatic carbocycles. The molecule has 3 nitrogen and oxygen atoms in total. The highest BCUT2D eigenvalue weighted by atomic mass is 16.5. The molecule has 2 unspecified atom stereocenters. The number of ether oxygens (including phenoxy) is 2. The lowest BCUT2D eigenvalue weighted by atomic mass is 9.86. The van der Waals surface area contributed by atoms with E-state index in [1.54, 1.807) is 7.11 Å². The standard InChI is InChI=1S/C9H19NO2/c1-7(2)8(10)9(11-3)4-5-12-6-9/h7-8H,4-6,10H2,1-3H3. The van der Waals surface area contributed by atoms with Crippen molar-refractivity contribution >= 4 is 0 Å². The third-order valence-corrected chi connectivity index (χ3v) is 2.75. The Labute approximate surface area is 74.2 Å². The molecule has 1 aliphatic rings. The molecule has 1 heterocycles. The first kappa shape index (κ1) is 9.96. The fourth-order valence-corrected chi connectivity index (χ4v) is 1.73. The maximum atomic E-state index is 6.06. The lowest BCUT2D eigenvalue weighted by molar-refractivity contribution is -0.0461. The van der Waals surface area contributed by atoms with Gasteiger partial charge in [0.05, 0.1) is 6.61 Å². The smallest absolute Gasteiger partial charge is 0.108 e. The summed E-state index contributed by atoms with van der Waals surface area (Å²) in [5.41, 5.74) is 5.83. The van der Waals surface area contributed by atoms with Crippen LogP contribution < -0.4 is 5.73 Å². The first-order valence-electron chi connectivity index (χ1n) is 4.51. The first-order chi connectivity index (χ1) is 5.62. The van der Waals surface area contributed by atoms with Crippen molar-refractivity contribution in [1.82, 2.24) is 0 Å². The van der Waals surface area contributed by atoms with Crippen molar-refractivity contribution in [2.24, 2.45) is 11.7 Å². The Balaban J connectivity index is 2.65. The summed E-state index contributed by atoms with van der Waals surface area (Å²) in [5.74, 6) is 0.437. The Morgan fingerprint density at radius 2 is 2.17 bits per heavy atom. The van der Waals surface area contributed by atoms with Gasteiger partial charge in [-0.25, -0.2) is 0 Å². The molecule has 1 rings (SSSR count). The largest absolute Gasteiger partial charge is 0.378 e. The van der Waals surface area contributed by atoms with Gasteiger partial charge in [0.15, 0.2) is 0 Å². The van der Waals surface area contributed by atoms with Crippen LogP contribution in [0.5, 0.6) is 0 Å². The quantitative estimate of drug-likeness (QED) is 0.685. The van der Waals surface area contributed by atoms with Crippen molar-refractivity contribution in [3.8, 4) is 0 Å². The second kappa shape index (κ2) is 3.73. The number of hydrogen-bond acceptors (Lipinski definition) is 3. The second-order valence-electron chi connectivity index (χ2n) is 3.84. The molecular weight excluding hydrogens is 154 g/mol. The van der Waals surface area contributed by atoms with Crippen molar-refractivity contribution in [2.75, 3.05) is 20.3 Å². The average molecular weight is 173 g/mol. The van der Waals surface area contributed by atoms with Gasteiger partial charge in [-0.3, -0.25) is 0 Å². The molecule has 0 saturated carbocycles. The highest BCUT2D eigenvalue weighted by Gasteiger charge is 2.41. The third-order valence-electron chi connectivity index (χ3n) is 2.75. The molecule has 0 radical (unpaired) electrons. The number of nitrogens with two attached hydrogens (primary N) is 1. The molecule has 0 aromatic rings. The molecule has 1 saturated heterocycles. The third kappa shape index (κ3) is 1.63. The van der Waals surface area contributed by atoms with Crippen molar-refractivity contribution < 1.29 is 9.47 Å². The van der Waals surface area contributed by atoms with Crippen molar-refractivity contribution in [1.29, 1.82) is 0 Å². The minimum Gasteiger partial charge on any atom is -0.378 e. The Hall–Kier alpha value is -0.120.